The SMILES string of the molecule is COc1cccc(C(CN)OCC2CCCO2)c1. The van der Waals surface area contributed by atoms with Gasteiger partial charge in [0.1, 0.15) is 5.75 Å². The molecule has 0 saturated carbocycles. The van der Waals surface area contributed by atoms with E-state index in [-0.39, 0.29) is 12.2 Å². The van der Waals surface area contributed by atoms with Crippen LogP contribution in [0.25, 0.3) is 0 Å². The molecule has 1 aromatic carbocycles. The fraction of sp³-hybridized carbons (Fsp3) is 0.571. The highest BCUT2D eigenvalue weighted by Gasteiger charge is 2.18. The summed E-state index contributed by atoms with van der Waals surface area (Å²) in [5, 5.41) is 0. The lowest BCUT2D eigenvalue weighted by Gasteiger charge is -2.19. The van der Waals surface area contributed by atoms with Crippen LogP contribution < -0.4 is 10.5 Å². The zero-order valence-electron chi connectivity index (χ0n) is 10.8. The molecule has 2 unspecified atom stereocenters. The summed E-state index contributed by atoms with van der Waals surface area (Å²) < 4.78 is 16.6. The molecule has 1 aliphatic rings. The van der Waals surface area contributed by atoms with Crippen molar-refractivity contribution in [1.82, 2.24) is 0 Å². The molecule has 0 aromatic heterocycles. The summed E-state index contributed by atoms with van der Waals surface area (Å²) in [5.74, 6) is 0.826. The Kier molecular flexibility index (Phi) is 4.99. The van der Waals surface area contributed by atoms with E-state index in [2.05, 4.69) is 0 Å². The Labute approximate surface area is 108 Å². The van der Waals surface area contributed by atoms with E-state index in [0.29, 0.717) is 13.2 Å². The van der Waals surface area contributed by atoms with Gasteiger partial charge in [0.25, 0.3) is 0 Å². The third-order valence-corrected chi connectivity index (χ3v) is 3.19. The molecule has 2 rings (SSSR count). The van der Waals surface area contributed by atoms with Crippen molar-refractivity contribution in [3.63, 3.8) is 0 Å². The lowest BCUT2D eigenvalue weighted by Crippen LogP contribution is -2.21. The Hall–Kier alpha value is -1.10. The highest BCUT2D eigenvalue weighted by Crippen LogP contribution is 2.22. The summed E-state index contributed by atoms with van der Waals surface area (Å²) in [6.45, 7) is 1.92. The van der Waals surface area contributed by atoms with Gasteiger partial charge in [-0.15, -0.1) is 0 Å². The van der Waals surface area contributed by atoms with Crippen LogP contribution in [0.2, 0.25) is 0 Å². The number of nitrogens with two attached hydrogens (primary N) is 1. The molecule has 1 fully saturated rings. The number of hydrogen-bond acceptors (Lipinski definition) is 4. The summed E-state index contributed by atoms with van der Waals surface area (Å²) in [7, 11) is 1.66. The first-order valence-electron chi connectivity index (χ1n) is 6.40. The van der Waals surface area contributed by atoms with E-state index >= 15 is 0 Å². The number of hydrogen-bond donors (Lipinski definition) is 1. The molecule has 0 bridgehead atoms. The fourth-order valence-corrected chi connectivity index (χ4v) is 2.14. The van der Waals surface area contributed by atoms with Gasteiger partial charge in [0, 0.05) is 13.2 Å². The van der Waals surface area contributed by atoms with Crippen LogP contribution >= 0.6 is 0 Å². The van der Waals surface area contributed by atoms with E-state index in [0.717, 1.165) is 30.8 Å². The molecule has 100 valence electrons. The second-order valence-corrected chi connectivity index (χ2v) is 4.47. The van der Waals surface area contributed by atoms with E-state index in [4.69, 9.17) is 19.9 Å². The predicted molar refractivity (Wildman–Crippen MR) is 69.7 cm³/mol. The summed E-state index contributed by atoms with van der Waals surface area (Å²) >= 11 is 0. The van der Waals surface area contributed by atoms with Gasteiger partial charge >= 0.3 is 0 Å². The third-order valence-electron chi connectivity index (χ3n) is 3.19. The minimum atomic E-state index is -0.0932. The van der Waals surface area contributed by atoms with Gasteiger partial charge in [-0.05, 0) is 30.5 Å². The van der Waals surface area contributed by atoms with Crippen molar-refractivity contribution in [3.8, 4) is 5.75 Å². The van der Waals surface area contributed by atoms with Gasteiger partial charge in [-0.25, -0.2) is 0 Å². The van der Waals surface area contributed by atoms with Crippen molar-refractivity contribution in [2.75, 3.05) is 26.9 Å². The zero-order chi connectivity index (χ0) is 12.8. The zero-order valence-corrected chi connectivity index (χ0v) is 10.8. The Balaban J connectivity index is 1.93. The number of benzene rings is 1. The smallest absolute Gasteiger partial charge is 0.119 e. The standard InChI is InChI=1S/C14H21NO3/c1-16-12-5-2-4-11(8-12)14(9-15)18-10-13-6-3-7-17-13/h2,4-5,8,13-14H,3,6-7,9-10,15H2,1H3. The van der Waals surface area contributed by atoms with Gasteiger partial charge in [0.2, 0.25) is 0 Å². The van der Waals surface area contributed by atoms with Crippen molar-refractivity contribution >= 4 is 0 Å². The third kappa shape index (κ3) is 3.45. The average Bonchev–Trinajstić information content (AvgIpc) is 2.93. The number of ether oxygens (including phenoxy) is 3. The van der Waals surface area contributed by atoms with Gasteiger partial charge in [-0.1, -0.05) is 12.1 Å². The Morgan fingerprint density at radius 2 is 2.39 bits per heavy atom. The molecule has 0 aliphatic carbocycles. The quantitative estimate of drug-likeness (QED) is 0.839. The first-order chi connectivity index (χ1) is 8.83. The molecule has 1 saturated heterocycles. The minimum Gasteiger partial charge on any atom is -0.497 e. The molecule has 0 spiro atoms. The monoisotopic (exact) mass is 251 g/mol. The van der Waals surface area contributed by atoms with Crippen molar-refractivity contribution in [3.05, 3.63) is 29.8 Å². The van der Waals surface area contributed by atoms with Crippen LogP contribution in [0.3, 0.4) is 0 Å². The van der Waals surface area contributed by atoms with Crippen molar-refractivity contribution in [2.45, 2.75) is 25.0 Å². The Bertz CT molecular complexity index is 364. The Morgan fingerprint density at radius 1 is 1.50 bits per heavy atom. The summed E-state index contributed by atoms with van der Waals surface area (Å²) in [6, 6.07) is 7.84. The van der Waals surface area contributed by atoms with E-state index in [9.17, 15) is 0 Å². The van der Waals surface area contributed by atoms with Gasteiger partial charge in [0.05, 0.1) is 25.9 Å². The maximum atomic E-state index is 5.86. The van der Waals surface area contributed by atoms with E-state index in [1.165, 1.54) is 0 Å². The van der Waals surface area contributed by atoms with Crippen LogP contribution in [0.1, 0.15) is 24.5 Å². The van der Waals surface area contributed by atoms with E-state index in [1.54, 1.807) is 7.11 Å². The van der Waals surface area contributed by atoms with Crippen molar-refractivity contribution in [2.24, 2.45) is 5.73 Å². The Morgan fingerprint density at radius 3 is 3.06 bits per heavy atom. The van der Waals surface area contributed by atoms with Crippen LogP contribution in [0.15, 0.2) is 24.3 Å². The fourth-order valence-electron chi connectivity index (χ4n) is 2.14. The van der Waals surface area contributed by atoms with E-state index < -0.39 is 0 Å². The van der Waals surface area contributed by atoms with Crippen LogP contribution in [0.4, 0.5) is 0 Å². The maximum Gasteiger partial charge on any atom is 0.119 e. The van der Waals surface area contributed by atoms with Crippen LogP contribution in [0, 0.1) is 0 Å². The highest BCUT2D eigenvalue weighted by atomic mass is 16.5. The van der Waals surface area contributed by atoms with Crippen LogP contribution in [-0.4, -0.2) is 33.0 Å². The van der Waals surface area contributed by atoms with Crippen LogP contribution in [0.5, 0.6) is 5.75 Å². The molecule has 0 amide bonds. The van der Waals surface area contributed by atoms with Gasteiger partial charge in [-0.2, -0.15) is 0 Å². The topological polar surface area (TPSA) is 53.7 Å². The summed E-state index contributed by atoms with van der Waals surface area (Å²) in [4.78, 5) is 0. The molecule has 0 radical (unpaired) electrons. The minimum absolute atomic E-state index is 0.0932. The molecule has 1 aliphatic heterocycles. The molecule has 1 aromatic rings. The number of rotatable bonds is 6. The lowest BCUT2D eigenvalue weighted by atomic mass is 10.1. The normalized spacial score (nSPS) is 20.9. The summed E-state index contributed by atoms with van der Waals surface area (Å²) in [5.41, 5.74) is 6.83. The second-order valence-electron chi connectivity index (χ2n) is 4.47. The molecule has 2 N–H and O–H groups in total. The maximum absolute atomic E-state index is 5.86. The van der Waals surface area contributed by atoms with Gasteiger partial charge in [-0.3, -0.25) is 0 Å². The molecule has 18 heavy (non-hydrogen) atoms. The average molecular weight is 251 g/mol. The largest absolute Gasteiger partial charge is 0.497 e. The molecular weight excluding hydrogens is 230 g/mol. The molecule has 4 heteroatoms. The predicted octanol–water partition coefficient (Wildman–Crippen LogP) is 1.89. The lowest BCUT2D eigenvalue weighted by molar-refractivity contribution is -0.0182. The highest BCUT2D eigenvalue weighted by molar-refractivity contribution is 5.30. The van der Waals surface area contributed by atoms with Crippen molar-refractivity contribution < 1.29 is 14.2 Å². The first-order valence-corrected chi connectivity index (χ1v) is 6.40. The molecule has 1 heterocycles. The van der Waals surface area contributed by atoms with Gasteiger partial charge in [0.15, 0.2) is 0 Å². The first kappa shape index (κ1) is 13.3. The second kappa shape index (κ2) is 6.73. The van der Waals surface area contributed by atoms with E-state index in [1.807, 2.05) is 24.3 Å². The molecular formula is C14H21NO3. The number of methoxy groups -OCH3 is 1. The molecule has 4 nitrogen and oxygen atoms in total. The van der Waals surface area contributed by atoms with Crippen LogP contribution in [-0.2, 0) is 9.47 Å². The molecule has 2 atom stereocenters. The van der Waals surface area contributed by atoms with Gasteiger partial charge < -0.3 is 19.9 Å². The summed E-state index contributed by atoms with van der Waals surface area (Å²) in [6.07, 6.45) is 2.34. The van der Waals surface area contributed by atoms with Crippen molar-refractivity contribution in [1.29, 1.82) is 0 Å².